The summed E-state index contributed by atoms with van der Waals surface area (Å²) >= 11 is 0. The van der Waals surface area contributed by atoms with Crippen molar-refractivity contribution in [2.24, 2.45) is 23.2 Å². The molecule has 272 valence electrons. The van der Waals surface area contributed by atoms with E-state index in [1.54, 1.807) is 12.7 Å². The fourth-order valence-electron chi connectivity index (χ4n) is 7.90. The molecule has 0 aliphatic heterocycles. The standard InChI is InChI=1S/C40H74O5Si2/c1-29(18-16-24-39(8,9)43-28-42-11)32-22-23-33-31(19-17-25-40(32,33)10)21-20-30-26-34(44-46(12,13)37(2,3)4)36(41)35(27-30)45-47(14,15)38(5,6)7/h16,18,20-21,29,32-36,41H,17,19,22-28H2,1-15H3/b18-16+,30-20?,31-21+/t29-,32?,33?,34-,35-,36?,40?/m1/s1. The summed E-state index contributed by atoms with van der Waals surface area (Å²) in [6, 6.07) is 0. The van der Waals surface area contributed by atoms with Crippen LogP contribution in [0.15, 0.2) is 35.5 Å². The Morgan fingerprint density at radius 2 is 1.45 bits per heavy atom. The van der Waals surface area contributed by atoms with Crippen LogP contribution in [0.1, 0.15) is 121 Å². The summed E-state index contributed by atoms with van der Waals surface area (Å²) in [7, 11) is -2.49. The lowest BCUT2D eigenvalue weighted by atomic mass is 9.61. The van der Waals surface area contributed by atoms with Crippen molar-refractivity contribution < 1.29 is 23.4 Å². The molecule has 0 saturated heterocycles. The Hall–Kier alpha value is -0.546. The Kier molecular flexibility index (Phi) is 13.4. The van der Waals surface area contributed by atoms with Crippen molar-refractivity contribution in [3.8, 4) is 0 Å². The highest BCUT2D eigenvalue weighted by Gasteiger charge is 2.51. The zero-order valence-electron chi connectivity index (χ0n) is 33.2. The maximum absolute atomic E-state index is 11.7. The zero-order chi connectivity index (χ0) is 35.6. The number of rotatable bonds is 12. The SMILES string of the molecule is COCOC(C)(C)C/C=C/[C@@H](C)C1CCC2/C(=C/C=C3C[C@@H](O[Si](C)(C)C(C)(C)C)C(O)[C@H](O[Si](C)(C)C(C)(C)C)C3)CCCC21C. The van der Waals surface area contributed by atoms with E-state index in [9.17, 15) is 5.11 Å². The Morgan fingerprint density at radius 1 is 0.894 bits per heavy atom. The molecule has 47 heavy (non-hydrogen) atoms. The molecular weight excluding hydrogens is 617 g/mol. The van der Waals surface area contributed by atoms with E-state index >= 15 is 0 Å². The molecule has 0 radical (unpaired) electrons. The lowest BCUT2D eigenvalue weighted by Crippen LogP contribution is -2.55. The molecule has 3 aliphatic carbocycles. The fraction of sp³-hybridized carbons (Fsp3) is 0.850. The van der Waals surface area contributed by atoms with E-state index in [0.29, 0.717) is 30.0 Å². The van der Waals surface area contributed by atoms with Crippen LogP contribution in [-0.2, 0) is 18.3 Å². The van der Waals surface area contributed by atoms with Crippen LogP contribution in [0.3, 0.4) is 0 Å². The third-order valence-corrected chi connectivity index (χ3v) is 22.0. The van der Waals surface area contributed by atoms with Gasteiger partial charge in [0.15, 0.2) is 16.6 Å². The lowest BCUT2D eigenvalue weighted by molar-refractivity contribution is -0.112. The van der Waals surface area contributed by atoms with E-state index in [1.807, 2.05) is 0 Å². The normalized spacial score (nSPS) is 31.4. The molecule has 0 bridgehead atoms. The van der Waals surface area contributed by atoms with E-state index in [2.05, 4.69) is 120 Å². The minimum atomic E-state index is -2.08. The van der Waals surface area contributed by atoms with E-state index in [1.165, 1.54) is 37.7 Å². The molecule has 6 atom stereocenters. The highest BCUT2D eigenvalue weighted by atomic mass is 28.4. The molecule has 3 saturated carbocycles. The number of allylic oxidation sites excluding steroid dienone is 4. The van der Waals surface area contributed by atoms with Gasteiger partial charge in [-0.05, 0) is 125 Å². The van der Waals surface area contributed by atoms with Crippen LogP contribution < -0.4 is 0 Å². The van der Waals surface area contributed by atoms with Crippen molar-refractivity contribution in [1.29, 1.82) is 0 Å². The number of hydrogen-bond acceptors (Lipinski definition) is 5. The molecule has 5 nitrogen and oxygen atoms in total. The smallest absolute Gasteiger partial charge is 0.192 e. The third-order valence-electron chi connectivity index (χ3n) is 13.0. The number of aliphatic hydroxyl groups is 1. The zero-order valence-corrected chi connectivity index (χ0v) is 35.2. The first-order valence-corrected chi connectivity index (χ1v) is 24.5. The van der Waals surface area contributed by atoms with Gasteiger partial charge < -0.3 is 23.4 Å². The van der Waals surface area contributed by atoms with Gasteiger partial charge in [0.05, 0.1) is 17.8 Å². The second kappa shape index (κ2) is 15.4. The molecule has 0 aromatic rings. The number of fused-ring (bicyclic) bond motifs is 1. The average molecular weight is 691 g/mol. The maximum Gasteiger partial charge on any atom is 0.192 e. The molecule has 3 fully saturated rings. The van der Waals surface area contributed by atoms with Crippen molar-refractivity contribution in [3.05, 3.63) is 35.5 Å². The number of ether oxygens (including phenoxy) is 2. The van der Waals surface area contributed by atoms with Crippen LogP contribution in [0.2, 0.25) is 36.3 Å². The minimum absolute atomic E-state index is 0.0810. The lowest BCUT2D eigenvalue weighted by Gasteiger charge is -2.47. The van der Waals surface area contributed by atoms with Gasteiger partial charge in [-0.15, -0.1) is 0 Å². The molecule has 3 aliphatic rings. The van der Waals surface area contributed by atoms with Crippen LogP contribution in [-0.4, -0.2) is 59.6 Å². The van der Waals surface area contributed by atoms with Crippen molar-refractivity contribution >= 4 is 16.6 Å². The first kappa shape index (κ1) is 40.9. The molecule has 0 amide bonds. The second-order valence-corrected chi connectivity index (χ2v) is 28.7. The molecule has 0 aromatic carbocycles. The van der Waals surface area contributed by atoms with E-state index < -0.39 is 22.7 Å². The van der Waals surface area contributed by atoms with Crippen LogP contribution in [0, 0.1) is 23.2 Å². The predicted molar refractivity (Wildman–Crippen MR) is 204 cm³/mol. The molecule has 0 spiro atoms. The van der Waals surface area contributed by atoms with E-state index in [4.69, 9.17) is 18.3 Å². The summed E-state index contributed by atoms with van der Waals surface area (Å²) in [5.74, 6) is 1.88. The number of aliphatic hydroxyl groups excluding tert-OH is 1. The van der Waals surface area contributed by atoms with Gasteiger partial charge in [0.1, 0.15) is 12.9 Å². The van der Waals surface area contributed by atoms with Gasteiger partial charge in [-0.1, -0.05) is 90.8 Å². The summed E-state index contributed by atoms with van der Waals surface area (Å²) in [4.78, 5) is 0. The monoisotopic (exact) mass is 691 g/mol. The van der Waals surface area contributed by atoms with Crippen LogP contribution in [0.5, 0.6) is 0 Å². The van der Waals surface area contributed by atoms with Gasteiger partial charge in [-0.25, -0.2) is 0 Å². The molecule has 3 rings (SSSR count). The second-order valence-electron chi connectivity index (χ2n) is 19.2. The van der Waals surface area contributed by atoms with Gasteiger partial charge in [0, 0.05) is 7.11 Å². The van der Waals surface area contributed by atoms with Crippen molar-refractivity contribution in [2.75, 3.05) is 13.9 Å². The maximum atomic E-state index is 11.7. The average Bonchev–Trinajstić information content (AvgIpc) is 3.29. The minimum Gasteiger partial charge on any atom is -0.411 e. The highest BCUT2D eigenvalue weighted by molar-refractivity contribution is 6.74. The molecule has 1 N–H and O–H groups in total. The molecular formula is C40H74O5Si2. The van der Waals surface area contributed by atoms with E-state index in [-0.39, 0.29) is 27.9 Å². The van der Waals surface area contributed by atoms with E-state index in [0.717, 1.165) is 19.3 Å². The number of methoxy groups -OCH3 is 1. The van der Waals surface area contributed by atoms with Crippen LogP contribution in [0.25, 0.3) is 0 Å². The molecule has 0 aromatic heterocycles. The Balaban J connectivity index is 1.83. The first-order chi connectivity index (χ1) is 21.4. The van der Waals surface area contributed by atoms with Gasteiger partial charge >= 0.3 is 0 Å². The number of hydrogen-bond donors (Lipinski definition) is 1. The van der Waals surface area contributed by atoms with Crippen LogP contribution >= 0.6 is 0 Å². The predicted octanol–water partition coefficient (Wildman–Crippen LogP) is 11.0. The molecule has 7 heteroatoms. The Bertz CT molecular complexity index is 1080. The summed E-state index contributed by atoms with van der Waals surface area (Å²) in [5.41, 5.74) is 3.11. The van der Waals surface area contributed by atoms with Gasteiger partial charge in [-0.2, -0.15) is 0 Å². The van der Waals surface area contributed by atoms with Crippen LogP contribution in [0.4, 0.5) is 0 Å². The van der Waals surface area contributed by atoms with Gasteiger partial charge in [-0.3, -0.25) is 0 Å². The molecule has 3 unspecified atom stereocenters. The fourth-order valence-corrected chi connectivity index (χ4v) is 10.6. The largest absolute Gasteiger partial charge is 0.411 e. The summed E-state index contributed by atoms with van der Waals surface area (Å²) in [6.45, 7) is 32.5. The summed E-state index contributed by atoms with van der Waals surface area (Å²) < 4.78 is 24.9. The highest BCUT2D eigenvalue weighted by Crippen LogP contribution is 2.59. The Morgan fingerprint density at radius 3 is 1.96 bits per heavy atom. The van der Waals surface area contributed by atoms with Gasteiger partial charge in [0.2, 0.25) is 0 Å². The van der Waals surface area contributed by atoms with Crippen molar-refractivity contribution in [1.82, 2.24) is 0 Å². The summed E-state index contributed by atoms with van der Waals surface area (Å²) in [5, 5.41) is 11.9. The summed E-state index contributed by atoms with van der Waals surface area (Å²) in [6.07, 6.45) is 17.4. The quantitative estimate of drug-likeness (QED) is 0.125. The van der Waals surface area contributed by atoms with Crippen molar-refractivity contribution in [3.63, 3.8) is 0 Å². The topological polar surface area (TPSA) is 57.2 Å². The molecule has 0 heterocycles. The Labute approximate surface area is 292 Å². The van der Waals surface area contributed by atoms with Crippen molar-refractivity contribution in [2.45, 2.75) is 181 Å². The van der Waals surface area contributed by atoms with Gasteiger partial charge in [0.25, 0.3) is 0 Å². The first-order valence-electron chi connectivity index (χ1n) is 18.7. The third kappa shape index (κ3) is 10.0.